The molecule has 0 amide bonds. The van der Waals surface area contributed by atoms with Gasteiger partial charge in [0, 0.05) is 29.7 Å². The Morgan fingerprint density at radius 3 is 2.70 bits per heavy atom. The Kier molecular flexibility index (Phi) is 4.02. The fourth-order valence-corrected chi connectivity index (χ4v) is 2.99. The minimum atomic E-state index is -0.460. The Balaban J connectivity index is 1.47. The van der Waals surface area contributed by atoms with Gasteiger partial charge in [0.2, 0.25) is 5.89 Å². The molecule has 4 rings (SSSR count). The molecule has 1 aliphatic heterocycles. The van der Waals surface area contributed by atoms with E-state index in [1.807, 2.05) is 32.0 Å². The first-order valence-electron chi connectivity index (χ1n) is 8.42. The summed E-state index contributed by atoms with van der Waals surface area (Å²) in [6.07, 6.45) is 0.824. The molecule has 2 aromatic carbocycles. The van der Waals surface area contributed by atoms with Crippen LogP contribution in [0.3, 0.4) is 0 Å². The van der Waals surface area contributed by atoms with E-state index in [-0.39, 0.29) is 23.8 Å². The smallest absolute Gasteiger partial charge is 0.269 e. The molecule has 0 radical (unpaired) electrons. The normalized spacial score (nSPS) is 14.4. The van der Waals surface area contributed by atoms with Gasteiger partial charge in [-0.3, -0.25) is 10.1 Å². The number of non-ortho nitro benzene ring substituents is 1. The van der Waals surface area contributed by atoms with E-state index in [2.05, 4.69) is 10.2 Å². The van der Waals surface area contributed by atoms with E-state index in [9.17, 15) is 10.1 Å². The fourth-order valence-electron chi connectivity index (χ4n) is 2.99. The predicted molar refractivity (Wildman–Crippen MR) is 95.6 cm³/mol. The third-order valence-corrected chi connectivity index (χ3v) is 4.20. The molecule has 0 saturated heterocycles. The van der Waals surface area contributed by atoms with Crippen LogP contribution in [0.15, 0.2) is 46.9 Å². The number of para-hydroxylation sites is 1. The maximum absolute atomic E-state index is 10.7. The largest absolute Gasteiger partial charge is 0.483 e. The lowest BCUT2D eigenvalue weighted by Crippen LogP contribution is -2.24. The third kappa shape index (κ3) is 3.46. The van der Waals surface area contributed by atoms with E-state index < -0.39 is 4.92 Å². The van der Waals surface area contributed by atoms with Crippen molar-refractivity contribution in [3.05, 3.63) is 64.0 Å². The van der Waals surface area contributed by atoms with Crippen molar-refractivity contribution in [1.82, 2.24) is 10.2 Å². The van der Waals surface area contributed by atoms with Crippen molar-refractivity contribution in [2.45, 2.75) is 32.5 Å². The minimum Gasteiger partial charge on any atom is -0.483 e. The standard InChI is InChI=1S/C19H17N3O5/c1-19(2)10-13-4-3-5-15(17(13)27-19)25-11-16-20-21-18(26-16)12-6-8-14(9-7-12)22(23)24/h3-9H,10-11H2,1-2H3. The zero-order valence-corrected chi connectivity index (χ0v) is 14.8. The van der Waals surface area contributed by atoms with Gasteiger partial charge in [0.05, 0.1) is 4.92 Å². The summed E-state index contributed by atoms with van der Waals surface area (Å²) < 4.78 is 17.4. The second kappa shape index (κ2) is 6.39. The quantitative estimate of drug-likeness (QED) is 0.497. The Morgan fingerprint density at radius 2 is 1.96 bits per heavy atom. The minimum absolute atomic E-state index is 0.00248. The zero-order valence-electron chi connectivity index (χ0n) is 14.8. The van der Waals surface area contributed by atoms with Gasteiger partial charge < -0.3 is 13.9 Å². The van der Waals surface area contributed by atoms with Crippen LogP contribution in [0.2, 0.25) is 0 Å². The number of aromatic nitrogens is 2. The van der Waals surface area contributed by atoms with Crippen molar-refractivity contribution in [3.8, 4) is 23.0 Å². The Bertz CT molecular complexity index is 995. The molecule has 0 saturated carbocycles. The van der Waals surface area contributed by atoms with E-state index in [4.69, 9.17) is 13.9 Å². The molecular formula is C19H17N3O5. The van der Waals surface area contributed by atoms with Gasteiger partial charge in [-0.25, -0.2) is 0 Å². The summed E-state index contributed by atoms with van der Waals surface area (Å²) in [7, 11) is 0. The first-order valence-corrected chi connectivity index (χ1v) is 8.42. The molecule has 0 unspecified atom stereocenters. The Hall–Kier alpha value is -3.42. The molecule has 0 N–H and O–H groups in total. The third-order valence-electron chi connectivity index (χ3n) is 4.20. The first-order chi connectivity index (χ1) is 12.9. The van der Waals surface area contributed by atoms with Crippen molar-refractivity contribution >= 4 is 5.69 Å². The van der Waals surface area contributed by atoms with Crippen LogP contribution in [0.1, 0.15) is 25.3 Å². The number of nitro groups is 1. The fraction of sp³-hybridized carbons (Fsp3) is 0.263. The SMILES string of the molecule is CC1(C)Cc2cccc(OCc3nnc(-c4ccc([N+](=O)[O-])cc4)o3)c2O1. The molecule has 0 fully saturated rings. The van der Waals surface area contributed by atoms with Gasteiger partial charge >= 0.3 is 0 Å². The van der Waals surface area contributed by atoms with Crippen molar-refractivity contribution in [2.75, 3.05) is 0 Å². The average molecular weight is 367 g/mol. The van der Waals surface area contributed by atoms with Crippen LogP contribution in [0, 0.1) is 10.1 Å². The van der Waals surface area contributed by atoms with Crippen LogP contribution >= 0.6 is 0 Å². The van der Waals surface area contributed by atoms with Gasteiger partial charge in [0.1, 0.15) is 5.60 Å². The van der Waals surface area contributed by atoms with Gasteiger partial charge in [0.25, 0.3) is 11.6 Å². The van der Waals surface area contributed by atoms with E-state index in [1.165, 1.54) is 12.1 Å². The average Bonchev–Trinajstić information content (AvgIpc) is 3.22. The highest BCUT2D eigenvalue weighted by molar-refractivity contribution is 5.55. The molecule has 138 valence electrons. The van der Waals surface area contributed by atoms with Crippen molar-refractivity contribution in [1.29, 1.82) is 0 Å². The molecule has 1 aromatic heterocycles. The van der Waals surface area contributed by atoms with Gasteiger partial charge in [-0.2, -0.15) is 0 Å². The highest BCUT2D eigenvalue weighted by atomic mass is 16.6. The van der Waals surface area contributed by atoms with Crippen LogP contribution in [-0.4, -0.2) is 20.7 Å². The van der Waals surface area contributed by atoms with Crippen molar-refractivity contribution in [2.24, 2.45) is 0 Å². The summed E-state index contributed by atoms with van der Waals surface area (Å²) >= 11 is 0. The molecular weight excluding hydrogens is 350 g/mol. The van der Waals surface area contributed by atoms with Crippen LogP contribution in [0.4, 0.5) is 5.69 Å². The lowest BCUT2D eigenvalue weighted by molar-refractivity contribution is -0.384. The molecule has 0 atom stereocenters. The number of nitro benzene ring substituents is 1. The molecule has 27 heavy (non-hydrogen) atoms. The predicted octanol–water partition coefficient (Wildman–Crippen LogP) is 3.94. The number of hydrogen-bond donors (Lipinski definition) is 0. The van der Waals surface area contributed by atoms with Gasteiger partial charge in [0.15, 0.2) is 18.1 Å². The van der Waals surface area contributed by atoms with Crippen molar-refractivity contribution in [3.63, 3.8) is 0 Å². The van der Waals surface area contributed by atoms with Crippen LogP contribution < -0.4 is 9.47 Å². The van der Waals surface area contributed by atoms with E-state index >= 15 is 0 Å². The maximum atomic E-state index is 10.7. The number of hydrogen-bond acceptors (Lipinski definition) is 7. The monoisotopic (exact) mass is 367 g/mol. The molecule has 0 spiro atoms. The lowest BCUT2D eigenvalue weighted by Gasteiger charge is -2.18. The van der Waals surface area contributed by atoms with Gasteiger partial charge in [-0.05, 0) is 32.0 Å². The highest BCUT2D eigenvalue weighted by Crippen LogP contribution is 2.41. The first kappa shape index (κ1) is 17.0. The molecule has 0 aliphatic carbocycles. The topological polar surface area (TPSA) is 101 Å². The summed E-state index contributed by atoms with van der Waals surface area (Å²) in [5, 5.41) is 18.7. The molecule has 8 heteroatoms. The van der Waals surface area contributed by atoms with Crippen LogP contribution in [0.25, 0.3) is 11.5 Å². The van der Waals surface area contributed by atoms with Gasteiger partial charge in [-0.1, -0.05) is 12.1 Å². The van der Waals surface area contributed by atoms with E-state index in [0.717, 1.165) is 17.7 Å². The number of rotatable bonds is 5. The van der Waals surface area contributed by atoms with Gasteiger partial charge in [-0.15, -0.1) is 10.2 Å². The Labute approximate surface area is 154 Å². The molecule has 2 heterocycles. The molecule has 0 bridgehead atoms. The number of nitrogens with zero attached hydrogens (tertiary/aromatic N) is 3. The Morgan fingerprint density at radius 1 is 1.19 bits per heavy atom. The van der Waals surface area contributed by atoms with Crippen molar-refractivity contribution < 1.29 is 18.8 Å². The second-order valence-corrected chi connectivity index (χ2v) is 6.88. The molecule has 1 aliphatic rings. The lowest BCUT2D eigenvalue weighted by atomic mass is 10.0. The zero-order chi connectivity index (χ0) is 19.0. The number of ether oxygens (including phenoxy) is 2. The number of benzene rings is 2. The van der Waals surface area contributed by atoms with E-state index in [1.54, 1.807) is 12.1 Å². The van der Waals surface area contributed by atoms with Crippen LogP contribution in [-0.2, 0) is 13.0 Å². The highest BCUT2D eigenvalue weighted by Gasteiger charge is 2.32. The maximum Gasteiger partial charge on any atom is 0.269 e. The number of fused-ring (bicyclic) bond motifs is 1. The summed E-state index contributed by atoms with van der Waals surface area (Å²) in [5.41, 5.74) is 1.46. The summed E-state index contributed by atoms with van der Waals surface area (Å²) in [6, 6.07) is 11.7. The summed E-state index contributed by atoms with van der Waals surface area (Å²) in [5.74, 6) is 1.96. The van der Waals surface area contributed by atoms with Crippen LogP contribution in [0.5, 0.6) is 11.5 Å². The summed E-state index contributed by atoms with van der Waals surface area (Å²) in [4.78, 5) is 10.3. The molecule has 3 aromatic rings. The second-order valence-electron chi connectivity index (χ2n) is 6.88. The summed E-state index contributed by atoms with van der Waals surface area (Å²) in [6.45, 7) is 4.16. The molecule has 8 nitrogen and oxygen atoms in total. The van der Waals surface area contributed by atoms with E-state index in [0.29, 0.717) is 17.2 Å².